The van der Waals surface area contributed by atoms with E-state index >= 15 is 0 Å². The number of hydrogen-bond acceptors (Lipinski definition) is 3. The van der Waals surface area contributed by atoms with E-state index in [1.807, 2.05) is 95.8 Å². The summed E-state index contributed by atoms with van der Waals surface area (Å²) >= 11 is 0. The molecule has 0 aliphatic rings. The third-order valence-corrected chi connectivity index (χ3v) is 6.66. The number of hydrogen-bond donors (Lipinski definition) is 0. The van der Waals surface area contributed by atoms with Crippen LogP contribution in [0.3, 0.4) is 0 Å². The molecule has 0 atom stereocenters. The number of carbonyl (C=O) groups is 1. The molecule has 0 fully saturated rings. The van der Waals surface area contributed by atoms with E-state index in [-0.39, 0.29) is 24.0 Å². The lowest BCUT2D eigenvalue weighted by molar-refractivity contribution is -0.143. The van der Waals surface area contributed by atoms with Gasteiger partial charge in [-0.3, -0.25) is 9.59 Å². The summed E-state index contributed by atoms with van der Waals surface area (Å²) < 4.78 is 8.74. The van der Waals surface area contributed by atoms with Crippen molar-refractivity contribution < 1.29 is 9.53 Å². The van der Waals surface area contributed by atoms with Crippen molar-refractivity contribution in [1.82, 2.24) is 9.13 Å². The quantitative estimate of drug-likeness (QED) is 0.224. The zero-order valence-electron chi connectivity index (χ0n) is 21.4. The summed E-state index contributed by atoms with van der Waals surface area (Å²) in [7, 11) is 0. The topological polar surface area (TPSA) is 53.2 Å². The normalized spacial score (nSPS) is 11.4. The first-order valence-corrected chi connectivity index (χ1v) is 12.8. The fourth-order valence-electron chi connectivity index (χ4n) is 4.90. The second kappa shape index (κ2) is 11.6. The molecule has 0 aliphatic heterocycles. The van der Waals surface area contributed by atoms with Crippen LogP contribution in [0.2, 0.25) is 0 Å². The minimum atomic E-state index is -0.255. The number of nitrogens with zero attached hydrogens (tertiary/aromatic N) is 2. The van der Waals surface area contributed by atoms with Gasteiger partial charge in [0, 0.05) is 41.8 Å². The van der Waals surface area contributed by atoms with Crippen LogP contribution in [0.5, 0.6) is 0 Å². The molecule has 5 nitrogen and oxygen atoms in total. The number of pyridine rings is 1. The van der Waals surface area contributed by atoms with Crippen LogP contribution >= 0.6 is 0 Å². The molecule has 0 radical (unpaired) electrons. The van der Waals surface area contributed by atoms with Gasteiger partial charge in [0.1, 0.15) is 6.54 Å². The molecule has 0 spiro atoms. The second-order valence-electron chi connectivity index (χ2n) is 9.14. The van der Waals surface area contributed by atoms with Gasteiger partial charge in [0.2, 0.25) is 0 Å². The smallest absolute Gasteiger partial charge is 0.325 e. The van der Waals surface area contributed by atoms with Crippen LogP contribution in [0.25, 0.3) is 17.0 Å². The molecule has 0 N–H and O–H groups in total. The molecule has 0 unspecified atom stereocenters. The van der Waals surface area contributed by atoms with Crippen molar-refractivity contribution in [2.45, 2.75) is 25.9 Å². The standard InChI is InChI=1S/C33H30N2O3/c1-2-38-32(37)24-34-22-20-29-25(15-9-17-30(29)34)16-10-21-35-23-28(18-19-31(35)36)33(26-11-5-3-6-12-26)27-13-7-4-8-14-27/h3-20,22-23,33H,2,21,24H2,1H3/b16-10+. The summed E-state index contributed by atoms with van der Waals surface area (Å²) in [4.78, 5) is 24.7. The Hall–Kier alpha value is -4.64. The number of ether oxygens (including phenoxy) is 1. The van der Waals surface area contributed by atoms with E-state index in [0.717, 1.165) is 22.0 Å². The van der Waals surface area contributed by atoms with Gasteiger partial charge in [-0.2, -0.15) is 0 Å². The lowest BCUT2D eigenvalue weighted by Crippen LogP contribution is -2.19. The fraction of sp³-hybridized carbons (Fsp3) is 0.152. The van der Waals surface area contributed by atoms with Gasteiger partial charge in [-0.15, -0.1) is 0 Å². The third kappa shape index (κ3) is 5.52. The van der Waals surface area contributed by atoms with Crippen molar-refractivity contribution in [3.8, 4) is 0 Å². The van der Waals surface area contributed by atoms with Crippen LogP contribution in [0.4, 0.5) is 0 Å². The molecule has 5 aromatic rings. The number of carbonyl (C=O) groups excluding carboxylic acids is 1. The van der Waals surface area contributed by atoms with Gasteiger partial charge >= 0.3 is 5.97 Å². The molecular weight excluding hydrogens is 472 g/mol. The third-order valence-electron chi connectivity index (χ3n) is 6.66. The fourth-order valence-corrected chi connectivity index (χ4v) is 4.90. The first-order valence-electron chi connectivity index (χ1n) is 12.8. The number of allylic oxidation sites excluding steroid dienone is 1. The highest BCUT2D eigenvalue weighted by Crippen LogP contribution is 2.31. The SMILES string of the molecule is CCOC(=O)Cn1ccc2c(/C=C/Cn3cc(C(c4ccccc4)c4ccccc4)ccc3=O)cccc21. The second-order valence-corrected chi connectivity index (χ2v) is 9.14. The van der Waals surface area contributed by atoms with Gasteiger partial charge in [-0.1, -0.05) is 91.0 Å². The Morgan fingerprint density at radius 1 is 0.816 bits per heavy atom. The summed E-state index contributed by atoms with van der Waals surface area (Å²) in [5, 5.41) is 1.04. The maximum absolute atomic E-state index is 12.8. The number of benzene rings is 3. The molecule has 2 aromatic heterocycles. The van der Waals surface area contributed by atoms with Crippen LogP contribution in [0.1, 0.15) is 35.1 Å². The molecule has 2 heterocycles. The van der Waals surface area contributed by atoms with Gasteiger partial charge in [-0.05, 0) is 41.3 Å². The van der Waals surface area contributed by atoms with Gasteiger partial charge < -0.3 is 13.9 Å². The lowest BCUT2D eigenvalue weighted by atomic mass is 9.86. The molecule has 190 valence electrons. The van der Waals surface area contributed by atoms with Crippen LogP contribution in [-0.2, 0) is 22.6 Å². The Labute approximate surface area is 222 Å². The number of esters is 1. The summed E-state index contributed by atoms with van der Waals surface area (Å²) in [6.07, 6.45) is 7.90. The zero-order valence-corrected chi connectivity index (χ0v) is 21.4. The maximum atomic E-state index is 12.8. The largest absolute Gasteiger partial charge is 0.465 e. The first-order chi connectivity index (χ1) is 18.6. The molecule has 0 aliphatic carbocycles. The number of fused-ring (bicyclic) bond motifs is 1. The number of aromatic nitrogens is 2. The molecule has 3 aromatic carbocycles. The first kappa shape index (κ1) is 25.0. The van der Waals surface area contributed by atoms with Crippen molar-refractivity contribution in [2.75, 3.05) is 6.61 Å². The average Bonchev–Trinajstić information content (AvgIpc) is 3.35. The van der Waals surface area contributed by atoms with Crippen molar-refractivity contribution >= 4 is 22.9 Å². The van der Waals surface area contributed by atoms with E-state index in [4.69, 9.17) is 4.74 Å². The number of rotatable bonds is 9. The lowest BCUT2D eigenvalue weighted by Gasteiger charge is -2.19. The highest BCUT2D eigenvalue weighted by atomic mass is 16.5. The monoisotopic (exact) mass is 502 g/mol. The van der Waals surface area contributed by atoms with Crippen molar-refractivity contribution in [3.05, 3.63) is 148 Å². The summed E-state index contributed by atoms with van der Waals surface area (Å²) in [6, 6.07) is 32.3. The van der Waals surface area contributed by atoms with Gasteiger partial charge in [-0.25, -0.2) is 0 Å². The molecule has 5 rings (SSSR count). The minimum Gasteiger partial charge on any atom is -0.465 e. The van der Waals surface area contributed by atoms with Crippen LogP contribution in [-0.4, -0.2) is 21.7 Å². The highest BCUT2D eigenvalue weighted by Gasteiger charge is 2.17. The minimum absolute atomic E-state index is 0.0288. The Balaban J connectivity index is 1.41. The molecular formula is C33H30N2O3. The van der Waals surface area contributed by atoms with Gasteiger partial charge in [0.25, 0.3) is 5.56 Å². The average molecular weight is 503 g/mol. The van der Waals surface area contributed by atoms with E-state index in [1.165, 1.54) is 11.1 Å². The Morgan fingerprint density at radius 3 is 2.21 bits per heavy atom. The molecule has 0 bridgehead atoms. The highest BCUT2D eigenvalue weighted by molar-refractivity contribution is 5.89. The molecule has 5 heteroatoms. The van der Waals surface area contributed by atoms with Crippen molar-refractivity contribution in [2.24, 2.45) is 0 Å². The summed E-state index contributed by atoms with van der Waals surface area (Å²) in [5.41, 5.74) is 5.37. The van der Waals surface area contributed by atoms with Gasteiger partial charge in [0.15, 0.2) is 0 Å². The van der Waals surface area contributed by atoms with Crippen molar-refractivity contribution in [3.63, 3.8) is 0 Å². The molecule has 38 heavy (non-hydrogen) atoms. The molecule has 0 saturated heterocycles. The van der Waals surface area contributed by atoms with E-state index in [9.17, 15) is 9.59 Å². The Bertz CT molecular complexity index is 1580. The van der Waals surface area contributed by atoms with Crippen LogP contribution in [0, 0.1) is 0 Å². The molecule has 0 amide bonds. The predicted molar refractivity (Wildman–Crippen MR) is 152 cm³/mol. The van der Waals surface area contributed by atoms with E-state index < -0.39 is 0 Å². The van der Waals surface area contributed by atoms with E-state index in [1.54, 1.807) is 17.6 Å². The van der Waals surface area contributed by atoms with E-state index in [0.29, 0.717) is 13.2 Å². The molecule has 0 saturated carbocycles. The van der Waals surface area contributed by atoms with Crippen molar-refractivity contribution in [1.29, 1.82) is 0 Å². The summed E-state index contributed by atoms with van der Waals surface area (Å²) in [5.74, 6) is -0.226. The summed E-state index contributed by atoms with van der Waals surface area (Å²) in [6.45, 7) is 2.79. The zero-order chi connectivity index (χ0) is 26.3. The van der Waals surface area contributed by atoms with Gasteiger partial charge in [0.05, 0.1) is 6.61 Å². The predicted octanol–water partition coefficient (Wildman–Crippen LogP) is 6.26. The van der Waals surface area contributed by atoms with Crippen LogP contribution < -0.4 is 5.56 Å². The maximum Gasteiger partial charge on any atom is 0.325 e. The van der Waals surface area contributed by atoms with Crippen LogP contribution in [0.15, 0.2) is 120 Å². The Kier molecular flexibility index (Phi) is 7.65. The Morgan fingerprint density at radius 2 is 1.53 bits per heavy atom. The van der Waals surface area contributed by atoms with E-state index in [2.05, 4.69) is 24.3 Å².